The van der Waals surface area contributed by atoms with Crippen molar-refractivity contribution in [2.75, 3.05) is 0 Å². The number of aliphatic hydroxyl groups excluding tert-OH is 1. The lowest BCUT2D eigenvalue weighted by molar-refractivity contribution is 0.0839. The highest BCUT2D eigenvalue weighted by Gasteiger charge is 2.32. The van der Waals surface area contributed by atoms with Gasteiger partial charge in [0.2, 0.25) is 0 Å². The molecule has 1 fully saturated rings. The van der Waals surface area contributed by atoms with Crippen LogP contribution in [0.3, 0.4) is 0 Å². The first kappa shape index (κ1) is 15.2. The molecule has 2 atom stereocenters. The lowest BCUT2D eigenvalue weighted by atomic mass is 9.96. The summed E-state index contributed by atoms with van der Waals surface area (Å²) in [5, 5.41) is 13.3. The predicted molar refractivity (Wildman–Crippen MR) is 91.1 cm³/mol. The van der Waals surface area contributed by atoms with Crippen molar-refractivity contribution in [2.24, 2.45) is 0 Å². The van der Waals surface area contributed by atoms with E-state index >= 15 is 0 Å². The lowest BCUT2D eigenvalue weighted by Gasteiger charge is -2.27. The first-order chi connectivity index (χ1) is 11.7. The Morgan fingerprint density at radius 3 is 2.62 bits per heavy atom. The maximum absolute atomic E-state index is 12.8. The lowest BCUT2D eigenvalue weighted by Crippen LogP contribution is -2.34. The number of nitrogens with one attached hydrogen (secondary N) is 1. The topological polar surface area (TPSA) is 58.6 Å². The molecule has 0 unspecified atom stereocenters. The van der Waals surface area contributed by atoms with Gasteiger partial charge in [-0.15, -0.1) is 0 Å². The predicted octanol–water partition coefficient (Wildman–Crippen LogP) is 3.01. The molecule has 0 spiro atoms. The standard InChI is InChI=1S/C20H21NO3/c22-17-12-13-6-1-2-9-15(13)19(17)21-20(23)16-10-3-4-11-18(16)24-14-7-5-8-14/h1-4,6,9-11,14,17,19,22H,5,7-8,12H2,(H,21,23)/t17-,19+/m1/s1. The number of carbonyl (C=O) groups excluding carboxylic acids is 1. The van der Waals surface area contributed by atoms with E-state index in [1.165, 1.54) is 6.42 Å². The molecule has 1 saturated carbocycles. The molecular weight excluding hydrogens is 302 g/mol. The minimum atomic E-state index is -0.592. The van der Waals surface area contributed by atoms with E-state index in [4.69, 9.17) is 4.74 Å². The molecular formula is C20H21NO3. The summed E-state index contributed by atoms with van der Waals surface area (Å²) in [5.74, 6) is 0.422. The molecule has 0 bridgehead atoms. The van der Waals surface area contributed by atoms with Crippen molar-refractivity contribution >= 4 is 5.91 Å². The number of ether oxygens (including phenoxy) is 1. The van der Waals surface area contributed by atoms with E-state index in [1.807, 2.05) is 42.5 Å². The van der Waals surface area contributed by atoms with Gasteiger partial charge in [-0.3, -0.25) is 4.79 Å². The Morgan fingerprint density at radius 2 is 1.83 bits per heavy atom. The normalized spacial score (nSPS) is 22.5. The fraction of sp³-hybridized carbons (Fsp3) is 0.350. The average molecular weight is 323 g/mol. The molecule has 4 rings (SSSR count). The highest BCUT2D eigenvalue weighted by atomic mass is 16.5. The van der Waals surface area contributed by atoms with Gasteiger partial charge < -0.3 is 15.2 Å². The monoisotopic (exact) mass is 323 g/mol. The number of aliphatic hydroxyl groups is 1. The third-order valence-electron chi connectivity index (χ3n) is 4.97. The number of para-hydroxylation sites is 1. The van der Waals surface area contributed by atoms with Crippen LogP contribution in [-0.4, -0.2) is 23.2 Å². The zero-order valence-corrected chi connectivity index (χ0v) is 13.4. The highest BCUT2D eigenvalue weighted by Crippen LogP contribution is 2.32. The molecule has 2 aliphatic rings. The molecule has 124 valence electrons. The van der Waals surface area contributed by atoms with Gasteiger partial charge in [0.25, 0.3) is 5.91 Å². The largest absolute Gasteiger partial charge is 0.490 e. The second kappa shape index (κ2) is 6.29. The summed E-state index contributed by atoms with van der Waals surface area (Å²) in [7, 11) is 0. The maximum Gasteiger partial charge on any atom is 0.255 e. The van der Waals surface area contributed by atoms with Crippen molar-refractivity contribution < 1.29 is 14.6 Å². The number of amides is 1. The molecule has 4 heteroatoms. The number of benzene rings is 2. The number of carbonyl (C=O) groups is 1. The molecule has 0 aliphatic heterocycles. The summed E-state index contributed by atoms with van der Waals surface area (Å²) in [5.41, 5.74) is 2.62. The Labute approximate surface area is 141 Å². The second-order valence-corrected chi connectivity index (χ2v) is 6.59. The van der Waals surface area contributed by atoms with Crippen molar-refractivity contribution in [1.29, 1.82) is 0 Å². The first-order valence-corrected chi connectivity index (χ1v) is 8.55. The van der Waals surface area contributed by atoms with E-state index in [-0.39, 0.29) is 18.1 Å². The molecule has 1 amide bonds. The Morgan fingerprint density at radius 1 is 1.08 bits per heavy atom. The summed E-state index contributed by atoms with van der Waals surface area (Å²) in [6, 6.07) is 14.8. The van der Waals surface area contributed by atoms with E-state index in [0.717, 1.165) is 24.0 Å². The van der Waals surface area contributed by atoms with Gasteiger partial charge in [0.15, 0.2) is 0 Å². The molecule has 4 nitrogen and oxygen atoms in total. The number of hydrogen-bond acceptors (Lipinski definition) is 3. The smallest absolute Gasteiger partial charge is 0.255 e. The van der Waals surface area contributed by atoms with Crippen LogP contribution in [0.5, 0.6) is 5.75 Å². The van der Waals surface area contributed by atoms with Crippen LogP contribution in [0.2, 0.25) is 0 Å². The first-order valence-electron chi connectivity index (χ1n) is 8.55. The molecule has 0 radical (unpaired) electrons. The van der Waals surface area contributed by atoms with E-state index in [0.29, 0.717) is 17.7 Å². The minimum absolute atomic E-state index is 0.203. The molecule has 2 aromatic rings. The van der Waals surface area contributed by atoms with Crippen LogP contribution >= 0.6 is 0 Å². The van der Waals surface area contributed by atoms with Crippen molar-refractivity contribution in [2.45, 2.75) is 43.9 Å². The third kappa shape index (κ3) is 2.78. The Bertz CT molecular complexity index is 754. The summed E-state index contributed by atoms with van der Waals surface area (Å²) in [6.45, 7) is 0. The van der Waals surface area contributed by atoms with Crippen LogP contribution in [0.25, 0.3) is 0 Å². The SMILES string of the molecule is O=C(N[C@H]1c2ccccc2C[C@H]1O)c1ccccc1OC1CCC1. The summed E-state index contributed by atoms with van der Waals surface area (Å²) in [6.07, 6.45) is 3.48. The quantitative estimate of drug-likeness (QED) is 0.909. The number of fused-ring (bicyclic) bond motifs is 1. The minimum Gasteiger partial charge on any atom is -0.490 e. The van der Waals surface area contributed by atoms with Crippen molar-refractivity contribution in [3.05, 3.63) is 65.2 Å². The molecule has 2 aromatic carbocycles. The van der Waals surface area contributed by atoms with Crippen LogP contribution in [0.4, 0.5) is 0 Å². The highest BCUT2D eigenvalue weighted by molar-refractivity contribution is 5.97. The molecule has 0 saturated heterocycles. The summed E-state index contributed by atoms with van der Waals surface area (Å²) < 4.78 is 5.94. The van der Waals surface area contributed by atoms with Gasteiger partial charge in [-0.1, -0.05) is 36.4 Å². The van der Waals surface area contributed by atoms with Gasteiger partial charge in [0, 0.05) is 6.42 Å². The van der Waals surface area contributed by atoms with Gasteiger partial charge in [-0.25, -0.2) is 0 Å². The third-order valence-corrected chi connectivity index (χ3v) is 4.97. The average Bonchev–Trinajstić information content (AvgIpc) is 2.87. The van der Waals surface area contributed by atoms with Gasteiger partial charge in [-0.2, -0.15) is 0 Å². The zero-order chi connectivity index (χ0) is 16.5. The van der Waals surface area contributed by atoms with Gasteiger partial charge in [-0.05, 0) is 42.5 Å². The Kier molecular flexibility index (Phi) is 3.98. The summed E-state index contributed by atoms with van der Waals surface area (Å²) >= 11 is 0. The van der Waals surface area contributed by atoms with Crippen LogP contribution in [0, 0.1) is 0 Å². The van der Waals surface area contributed by atoms with Gasteiger partial charge in [0.05, 0.1) is 23.8 Å². The number of hydrogen-bond donors (Lipinski definition) is 2. The van der Waals surface area contributed by atoms with Crippen LogP contribution in [0.1, 0.15) is 46.8 Å². The van der Waals surface area contributed by atoms with Crippen molar-refractivity contribution in [1.82, 2.24) is 5.32 Å². The molecule has 2 N–H and O–H groups in total. The second-order valence-electron chi connectivity index (χ2n) is 6.59. The Balaban J connectivity index is 1.54. The summed E-state index contributed by atoms with van der Waals surface area (Å²) in [4.78, 5) is 12.8. The van der Waals surface area contributed by atoms with Gasteiger partial charge >= 0.3 is 0 Å². The Hall–Kier alpha value is -2.33. The van der Waals surface area contributed by atoms with E-state index < -0.39 is 6.10 Å². The molecule has 2 aliphatic carbocycles. The molecule has 0 heterocycles. The van der Waals surface area contributed by atoms with Crippen molar-refractivity contribution in [3.63, 3.8) is 0 Å². The fourth-order valence-corrected chi connectivity index (χ4v) is 3.39. The fourth-order valence-electron chi connectivity index (χ4n) is 3.39. The molecule has 24 heavy (non-hydrogen) atoms. The van der Waals surface area contributed by atoms with Crippen molar-refractivity contribution in [3.8, 4) is 5.75 Å². The van der Waals surface area contributed by atoms with E-state index in [2.05, 4.69) is 5.32 Å². The zero-order valence-electron chi connectivity index (χ0n) is 13.4. The van der Waals surface area contributed by atoms with Gasteiger partial charge in [0.1, 0.15) is 5.75 Å². The van der Waals surface area contributed by atoms with E-state index in [9.17, 15) is 9.90 Å². The van der Waals surface area contributed by atoms with E-state index in [1.54, 1.807) is 6.07 Å². The van der Waals surface area contributed by atoms with Crippen LogP contribution in [-0.2, 0) is 6.42 Å². The van der Waals surface area contributed by atoms with Crippen LogP contribution in [0.15, 0.2) is 48.5 Å². The maximum atomic E-state index is 12.8. The number of rotatable bonds is 4. The van der Waals surface area contributed by atoms with Crippen LogP contribution < -0.4 is 10.1 Å². The molecule has 0 aromatic heterocycles.